The summed E-state index contributed by atoms with van der Waals surface area (Å²) in [5.41, 5.74) is 1.01. The van der Waals surface area contributed by atoms with Gasteiger partial charge < -0.3 is 9.47 Å². The average Bonchev–Trinajstić information content (AvgIpc) is 3.29. The predicted molar refractivity (Wildman–Crippen MR) is 104 cm³/mol. The zero-order chi connectivity index (χ0) is 19.4. The molecule has 0 N–H and O–H groups in total. The number of carbonyl (C=O) groups excluding carboxylic acids is 1. The molecule has 9 heteroatoms. The van der Waals surface area contributed by atoms with Crippen LogP contribution < -0.4 is 0 Å². The minimum absolute atomic E-state index is 0.0944. The van der Waals surface area contributed by atoms with Gasteiger partial charge in [0, 0.05) is 19.6 Å². The predicted octanol–water partition coefficient (Wildman–Crippen LogP) is 2.29. The number of aryl methyl sites for hydroxylation is 1. The number of carbonyl (C=O) groups is 1. The molecule has 1 saturated heterocycles. The van der Waals surface area contributed by atoms with Gasteiger partial charge in [-0.05, 0) is 38.8 Å². The van der Waals surface area contributed by atoms with Gasteiger partial charge in [-0.25, -0.2) is 8.42 Å². The highest BCUT2D eigenvalue weighted by Gasteiger charge is 2.23. The molecule has 0 spiro atoms. The summed E-state index contributed by atoms with van der Waals surface area (Å²) >= 11 is 1.31. The van der Waals surface area contributed by atoms with Gasteiger partial charge in [0.15, 0.2) is 15.0 Å². The van der Waals surface area contributed by atoms with Crippen LogP contribution in [0.15, 0.2) is 34.3 Å². The molecule has 1 aromatic heterocycles. The maximum atomic E-state index is 12.7. The first-order valence-electron chi connectivity index (χ1n) is 9.03. The first-order valence-corrected chi connectivity index (χ1v) is 11.7. The van der Waals surface area contributed by atoms with Crippen molar-refractivity contribution in [3.05, 3.63) is 35.7 Å². The Morgan fingerprint density at radius 2 is 1.81 bits per heavy atom. The van der Waals surface area contributed by atoms with Crippen LogP contribution in [0.2, 0.25) is 0 Å². The largest absolute Gasteiger partial charge is 0.342 e. The van der Waals surface area contributed by atoms with Crippen molar-refractivity contribution in [3.63, 3.8) is 0 Å². The summed E-state index contributed by atoms with van der Waals surface area (Å²) in [5, 5.41) is 8.78. The fraction of sp³-hybridized carbons (Fsp3) is 0.500. The quantitative estimate of drug-likeness (QED) is 0.654. The summed E-state index contributed by atoms with van der Waals surface area (Å²) < 4.78 is 27.1. The molecule has 0 bridgehead atoms. The van der Waals surface area contributed by atoms with Gasteiger partial charge in [-0.2, -0.15) is 0 Å². The summed E-state index contributed by atoms with van der Waals surface area (Å²) in [6, 6.07) is 6.79. The molecular formula is C18H24N4O3S2. The molecule has 0 saturated carbocycles. The van der Waals surface area contributed by atoms with E-state index in [1.807, 2.05) is 18.7 Å². The van der Waals surface area contributed by atoms with E-state index < -0.39 is 9.84 Å². The number of amides is 1. The van der Waals surface area contributed by atoms with Crippen molar-refractivity contribution < 1.29 is 13.2 Å². The zero-order valence-electron chi connectivity index (χ0n) is 15.6. The lowest BCUT2D eigenvalue weighted by molar-refractivity contribution is -0.127. The number of thioether (sulfide) groups is 1. The standard InChI is InChI=1S/C18H24N4O3S2/c1-3-22-16(13-27(24,25)15-8-6-14(2)7-9-15)19-20-18(22)26-12-17(23)21-10-4-5-11-21/h6-9H,3-5,10-13H2,1-2H3. The number of hydrogen-bond acceptors (Lipinski definition) is 6. The highest BCUT2D eigenvalue weighted by Crippen LogP contribution is 2.22. The molecule has 1 fully saturated rings. The molecule has 146 valence electrons. The van der Waals surface area contributed by atoms with Gasteiger partial charge in [-0.15, -0.1) is 10.2 Å². The highest BCUT2D eigenvalue weighted by atomic mass is 32.2. The number of benzene rings is 1. The Kier molecular flexibility index (Phi) is 6.21. The van der Waals surface area contributed by atoms with Gasteiger partial charge in [-0.1, -0.05) is 29.5 Å². The summed E-state index contributed by atoms with van der Waals surface area (Å²) in [6.07, 6.45) is 2.12. The number of sulfone groups is 1. The Balaban J connectivity index is 1.71. The summed E-state index contributed by atoms with van der Waals surface area (Å²) in [5.74, 6) is 0.576. The lowest BCUT2D eigenvalue weighted by Crippen LogP contribution is -2.29. The zero-order valence-corrected chi connectivity index (χ0v) is 17.2. The van der Waals surface area contributed by atoms with E-state index in [2.05, 4.69) is 10.2 Å². The van der Waals surface area contributed by atoms with Crippen molar-refractivity contribution in [2.45, 2.75) is 49.0 Å². The van der Waals surface area contributed by atoms with E-state index >= 15 is 0 Å². The van der Waals surface area contributed by atoms with Gasteiger partial charge in [0.2, 0.25) is 5.91 Å². The molecule has 27 heavy (non-hydrogen) atoms. The number of hydrogen-bond donors (Lipinski definition) is 0. The molecule has 1 aliphatic heterocycles. The molecule has 1 aliphatic rings. The topological polar surface area (TPSA) is 85.2 Å². The van der Waals surface area contributed by atoms with Crippen molar-refractivity contribution in [1.29, 1.82) is 0 Å². The van der Waals surface area contributed by atoms with E-state index in [0.717, 1.165) is 31.5 Å². The normalized spacial score (nSPS) is 14.7. The van der Waals surface area contributed by atoms with Crippen LogP contribution in [-0.2, 0) is 26.9 Å². The Hall–Kier alpha value is -1.87. The number of nitrogens with zero attached hydrogens (tertiary/aromatic N) is 4. The Morgan fingerprint density at radius 3 is 2.44 bits per heavy atom. The van der Waals surface area contributed by atoms with E-state index in [1.165, 1.54) is 11.8 Å². The molecule has 2 aromatic rings. The molecule has 1 aromatic carbocycles. The van der Waals surface area contributed by atoms with Gasteiger partial charge in [0.25, 0.3) is 0 Å². The Labute approximate surface area is 164 Å². The Morgan fingerprint density at radius 1 is 1.15 bits per heavy atom. The van der Waals surface area contributed by atoms with Crippen LogP contribution in [0.3, 0.4) is 0 Å². The van der Waals surface area contributed by atoms with E-state index in [4.69, 9.17) is 0 Å². The molecule has 0 aliphatic carbocycles. The maximum absolute atomic E-state index is 12.7. The third-order valence-electron chi connectivity index (χ3n) is 4.59. The van der Waals surface area contributed by atoms with Crippen molar-refractivity contribution in [1.82, 2.24) is 19.7 Å². The summed E-state index contributed by atoms with van der Waals surface area (Å²) in [4.78, 5) is 14.4. The fourth-order valence-electron chi connectivity index (χ4n) is 3.03. The Bertz CT molecular complexity index is 901. The van der Waals surface area contributed by atoms with Crippen LogP contribution in [0.25, 0.3) is 0 Å². The first-order chi connectivity index (χ1) is 12.9. The lowest BCUT2D eigenvalue weighted by Gasteiger charge is -2.14. The summed E-state index contributed by atoms with van der Waals surface area (Å²) in [6.45, 7) is 6.01. The van der Waals surface area contributed by atoms with Crippen LogP contribution >= 0.6 is 11.8 Å². The second-order valence-corrected chi connectivity index (χ2v) is 9.52. The first kappa shape index (κ1) is 19.9. The van der Waals surface area contributed by atoms with E-state index in [9.17, 15) is 13.2 Å². The maximum Gasteiger partial charge on any atom is 0.233 e. The molecule has 0 atom stereocenters. The molecular weight excluding hydrogens is 384 g/mol. The van der Waals surface area contributed by atoms with Gasteiger partial charge >= 0.3 is 0 Å². The smallest absolute Gasteiger partial charge is 0.233 e. The van der Waals surface area contributed by atoms with Crippen molar-refractivity contribution in [2.24, 2.45) is 0 Å². The van der Waals surface area contributed by atoms with Crippen molar-refractivity contribution >= 4 is 27.5 Å². The molecule has 2 heterocycles. The van der Waals surface area contributed by atoms with Crippen molar-refractivity contribution in [3.8, 4) is 0 Å². The van der Waals surface area contributed by atoms with Crippen LogP contribution in [0, 0.1) is 6.92 Å². The number of aromatic nitrogens is 3. The third kappa shape index (κ3) is 4.70. The minimum Gasteiger partial charge on any atom is -0.342 e. The molecule has 7 nitrogen and oxygen atoms in total. The van der Waals surface area contributed by atoms with Crippen LogP contribution in [-0.4, -0.2) is 52.8 Å². The third-order valence-corrected chi connectivity index (χ3v) is 7.17. The number of rotatable bonds is 7. The minimum atomic E-state index is -3.50. The highest BCUT2D eigenvalue weighted by molar-refractivity contribution is 7.99. The second kappa shape index (κ2) is 8.43. The molecule has 1 amide bonds. The fourth-order valence-corrected chi connectivity index (χ4v) is 5.23. The summed E-state index contributed by atoms with van der Waals surface area (Å²) in [7, 11) is -3.50. The van der Waals surface area contributed by atoms with Gasteiger partial charge in [0.1, 0.15) is 11.6 Å². The average molecular weight is 409 g/mol. The molecule has 0 unspecified atom stereocenters. The van der Waals surface area contributed by atoms with Gasteiger partial charge in [-0.3, -0.25) is 4.79 Å². The van der Waals surface area contributed by atoms with E-state index in [1.54, 1.807) is 28.8 Å². The molecule has 3 rings (SSSR count). The van der Waals surface area contributed by atoms with Crippen molar-refractivity contribution in [2.75, 3.05) is 18.8 Å². The van der Waals surface area contributed by atoms with Crippen LogP contribution in [0.5, 0.6) is 0 Å². The SMILES string of the molecule is CCn1c(CS(=O)(=O)c2ccc(C)cc2)nnc1SCC(=O)N1CCCC1. The van der Waals surface area contributed by atoms with Gasteiger partial charge in [0.05, 0.1) is 10.6 Å². The van der Waals surface area contributed by atoms with E-state index in [-0.39, 0.29) is 16.6 Å². The van der Waals surface area contributed by atoms with Crippen LogP contribution in [0.1, 0.15) is 31.2 Å². The number of likely N-dealkylation sites (tertiary alicyclic amines) is 1. The lowest BCUT2D eigenvalue weighted by atomic mass is 10.2. The monoisotopic (exact) mass is 408 g/mol. The van der Waals surface area contributed by atoms with E-state index in [0.29, 0.717) is 23.3 Å². The second-order valence-electron chi connectivity index (χ2n) is 6.59. The van der Waals surface area contributed by atoms with Crippen LogP contribution in [0.4, 0.5) is 0 Å². The molecule has 0 radical (unpaired) electrons.